The van der Waals surface area contributed by atoms with Gasteiger partial charge in [-0.2, -0.15) is 0 Å². The number of ether oxygens (including phenoxy) is 4. The molecule has 0 spiro atoms. The third kappa shape index (κ3) is 5.62. The number of carbonyl (C=O) groups is 1. The lowest BCUT2D eigenvalue weighted by Gasteiger charge is -2.17. The van der Waals surface area contributed by atoms with Gasteiger partial charge in [0, 0.05) is 25.8 Å². The summed E-state index contributed by atoms with van der Waals surface area (Å²) < 4.78 is 21.9. The molecule has 0 radical (unpaired) electrons. The number of nitro groups is 1. The lowest BCUT2D eigenvalue weighted by molar-refractivity contribution is -0.386. The van der Waals surface area contributed by atoms with Crippen LogP contribution in [-0.2, 0) is 20.8 Å². The third-order valence-electron chi connectivity index (χ3n) is 5.24. The van der Waals surface area contributed by atoms with Gasteiger partial charge in [0.15, 0.2) is 12.0 Å². The predicted octanol–water partition coefficient (Wildman–Crippen LogP) is 2.79. The summed E-state index contributed by atoms with van der Waals surface area (Å²) in [5, 5.41) is 31.1. The van der Waals surface area contributed by atoms with E-state index in [0.717, 1.165) is 5.56 Å². The zero-order valence-corrected chi connectivity index (χ0v) is 19.7. The van der Waals surface area contributed by atoms with Crippen molar-refractivity contribution < 1.29 is 33.8 Å². The molecule has 2 aromatic carbocycles. The molecule has 0 aliphatic heterocycles. The topological polar surface area (TPSA) is 148 Å². The van der Waals surface area contributed by atoms with E-state index in [4.69, 9.17) is 18.9 Å². The maximum Gasteiger partial charge on any atom is 0.360 e. The van der Waals surface area contributed by atoms with Crippen LogP contribution in [0.3, 0.4) is 0 Å². The molecule has 0 bridgehead atoms. The number of methoxy groups -OCH3 is 3. The van der Waals surface area contributed by atoms with Crippen molar-refractivity contribution in [3.63, 3.8) is 0 Å². The van der Waals surface area contributed by atoms with Crippen LogP contribution in [0.25, 0.3) is 0 Å². The van der Waals surface area contributed by atoms with Gasteiger partial charge < -0.3 is 24.1 Å². The lowest BCUT2D eigenvalue weighted by atomic mass is 10.00. The standard InChI is InChI=1S/C23H26N4O8/c1-5-35-22(29)19-20(26(25-24-19)13-14-6-9-16(32-2)10-7-14)21(28)17-11-8-15(23(33-3)34-4)12-18(17)27(30)31/h6-12,21,23,28H,5,13H2,1-4H3. The van der Waals surface area contributed by atoms with Gasteiger partial charge in [-0.05, 0) is 30.7 Å². The highest BCUT2D eigenvalue weighted by Crippen LogP contribution is 2.34. The monoisotopic (exact) mass is 486 g/mol. The highest BCUT2D eigenvalue weighted by molar-refractivity contribution is 5.88. The summed E-state index contributed by atoms with van der Waals surface area (Å²) in [5.41, 5.74) is 0.429. The van der Waals surface area contributed by atoms with E-state index in [1.54, 1.807) is 38.3 Å². The molecule has 12 nitrogen and oxygen atoms in total. The van der Waals surface area contributed by atoms with E-state index in [1.165, 1.54) is 37.1 Å². The number of hydrogen-bond acceptors (Lipinski definition) is 10. The number of benzene rings is 2. The average molecular weight is 486 g/mol. The van der Waals surface area contributed by atoms with Crippen molar-refractivity contribution >= 4 is 11.7 Å². The number of esters is 1. The maximum atomic E-state index is 12.6. The van der Waals surface area contributed by atoms with Gasteiger partial charge in [0.2, 0.25) is 0 Å². The fraction of sp³-hybridized carbons (Fsp3) is 0.348. The highest BCUT2D eigenvalue weighted by atomic mass is 16.7. The molecular formula is C23H26N4O8. The minimum Gasteiger partial charge on any atom is -0.497 e. The predicted molar refractivity (Wildman–Crippen MR) is 122 cm³/mol. The normalized spacial score (nSPS) is 11.9. The van der Waals surface area contributed by atoms with Crippen LogP contribution < -0.4 is 4.74 Å². The van der Waals surface area contributed by atoms with E-state index in [1.807, 2.05) is 0 Å². The summed E-state index contributed by atoms with van der Waals surface area (Å²) >= 11 is 0. The Morgan fingerprint density at radius 1 is 1.14 bits per heavy atom. The number of nitro benzene ring substituents is 1. The van der Waals surface area contributed by atoms with Crippen LogP contribution in [0, 0.1) is 10.1 Å². The van der Waals surface area contributed by atoms with Crippen molar-refractivity contribution in [3.05, 3.63) is 80.7 Å². The molecule has 1 unspecified atom stereocenters. The maximum absolute atomic E-state index is 12.6. The van der Waals surface area contributed by atoms with E-state index in [2.05, 4.69) is 10.3 Å². The smallest absolute Gasteiger partial charge is 0.360 e. The molecular weight excluding hydrogens is 460 g/mol. The van der Waals surface area contributed by atoms with E-state index in [9.17, 15) is 20.0 Å². The Labute approximate surface area is 201 Å². The van der Waals surface area contributed by atoms with Crippen molar-refractivity contribution in [2.45, 2.75) is 25.9 Å². The second-order valence-electron chi connectivity index (χ2n) is 7.33. The van der Waals surface area contributed by atoms with Crippen molar-refractivity contribution in [1.29, 1.82) is 0 Å². The summed E-state index contributed by atoms with van der Waals surface area (Å²) in [6, 6.07) is 11.2. The lowest BCUT2D eigenvalue weighted by Crippen LogP contribution is -2.17. The zero-order valence-electron chi connectivity index (χ0n) is 19.7. The summed E-state index contributed by atoms with van der Waals surface area (Å²) in [6.07, 6.45) is -2.45. The minimum absolute atomic E-state index is 0.0369. The van der Waals surface area contributed by atoms with Crippen molar-refractivity contribution in [2.24, 2.45) is 0 Å². The molecule has 0 fully saturated rings. The van der Waals surface area contributed by atoms with Crippen molar-refractivity contribution in [1.82, 2.24) is 15.0 Å². The molecule has 1 atom stereocenters. The van der Waals surface area contributed by atoms with E-state index in [0.29, 0.717) is 11.3 Å². The number of carbonyl (C=O) groups excluding carboxylic acids is 1. The molecule has 1 aromatic heterocycles. The fourth-order valence-electron chi connectivity index (χ4n) is 3.57. The highest BCUT2D eigenvalue weighted by Gasteiger charge is 2.32. The molecule has 0 amide bonds. The second kappa shape index (κ2) is 11.5. The fourth-order valence-corrected chi connectivity index (χ4v) is 3.57. The number of aromatic nitrogens is 3. The first-order valence-corrected chi connectivity index (χ1v) is 10.6. The van der Waals surface area contributed by atoms with Crippen LogP contribution in [0.5, 0.6) is 5.75 Å². The molecule has 35 heavy (non-hydrogen) atoms. The molecule has 3 rings (SSSR count). The van der Waals surface area contributed by atoms with Gasteiger partial charge in [0.1, 0.15) is 17.5 Å². The van der Waals surface area contributed by atoms with Crippen molar-refractivity contribution in [2.75, 3.05) is 27.9 Å². The number of nitrogens with zero attached hydrogens (tertiary/aromatic N) is 4. The summed E-state index contributed by atoms with van der Waals surface area (Å²) in [7, 11) is 4.35. The van der Waals surface area contributed by atoms with Gasteiger partial charge in [0.05, 0.1) is 30.7 Å². The Bertz CT molecular complexity index is 1170. The Balaban J connectivity index is 2.09. The molecule has 0 saturated carbocycles. The Morgan fingerprint density at radius 3 is 2.40 bits per heavy atom. The SMILES string of the molecule is CCOC(=O)c1nnn(Cc2ccc(OC)cc2)c1C(O)c1ccc(C(OC)OC)cc1[N+](=O)[O-]. The molecule has 0 saturated heterocycles. The first kappa shape index (κ1) is 25.7. The largest absolute Gasteiger partial charge is 0.497 e. The number of aliphatic hydroxyl groups is 1. The van der Waals surface area contributed by atoms with Crippen LogP contribution in [0.15, 0.2) is 42.5 Å². The summed E-state index contributed by atoms with van der Waals surface area (Å²) in [6.45, 7) is 1.83. The average Bonchev–Trinajstić information content (AvgIpc) is 3.28. The van der Waals surface area contributed by atoms with Gasteiger partial charge in [0.25, 0.3) is 5.69 Å². The van der Waals surface area contributed by atoms with E-state index in [-0.39, 0.29) is 35.8 Å². The molecule has 0 aliphatic rings. The van der Waals surface area contributed by atoms with E-state index < -0.39 is 23.3 Å². The molecule has 1 heterocycles. The van der Waals surface area contributed by atoms with Crippen LogP contribution in [0.2, 0.25) is 0 Å². The molecule has 12 heteroatoms. The Morgan fingerprint density at radius 2 is 1.83 bits per heavy atom. The zero-order chi connectivity index (χ0) is 25.5. The molecule has 186 valence electrons. The Kier molecular flexibility index (Phi) is 8.47. The van der Waals surface area contributed by atoms with Gasteiger partial charge in [-0.15, -0.1) is 5.10 Å². The van der Waals surface area contributed by atoms with Crippen LogP contribution in [-0.4, -0.2) is 58.9 Å². The van der Waals surface area contributed by atoms with Gasteiger partial charge in [-0.1, -0.05) is 23.4 Å². The number of aliphatic hydroxyl groups excluding tert-OH is 1. The van der Waals surface area contributed by atoms with Crippen LogP contribution in [0.1, 0.15) is 52.2 Å². The van der Waals surface area contributed by atoms with Crippen LogP contribution in [0.4, 0.5) is 5.69 Å². The summed E-state index contributed by atoms with van der Waals surface area (Å²) in [5.74, 6) is -0.151. The van der Waals surface area contributed by atoms with E-state index >= 15 is 0 Å². The first-order chi connectivity index (χ1) is 16.8. The first-order valence-electron chi connectivity index (χ1n) is 10.6. The number of hydrogen-bond donors (Lipinski definition) is 1. The van der Waals surface area contributed by atoms with Gasteiger partial charge >= 0.3 is 5.97 Å². The van der Waals surface area contributed by atoms with Crippen LogP contribution >= 0.6 is 0 Å². The quantitative estimate of drug-likeness (QED) is 0.186. The minimum atomic E-state index is -1.61. The number of rotatable bonds is 11. The second-order valence-corrected chi connectivity index (χ2v) is 7.33. The van der Waals surface area contributed by atoms with Gasteiger partial charge in [-0.3, -0.25) is 10.1 Å². The molecule has 1 N–H and O–H groups in total. The van der Waals surface area contributed by atoms with Gasteiger partial charge in [-0.25, -0.2) is 9.48 Å². The third-order valence-corrected chi connectivity index (χ3v) is 5.24. The Hall–Kier alpha value is -3.87. The van der Waals surface area contributed by atoms with Crippen molar-refractivity contribution in [3.8, 4) is 5.75 Å². The summed E-state index contributed by atoms with van der Waals surface area (Å²) in [4.78, 5) is 23.8. The molecule has 0 aliphatic carbocycles. The molecule has 3 aromatic rings.